The van der Waals surface area contributed by atoms with Crippen LogP contribution in [0.4, 0.5) is 0 Å². The second kappa shape index (κ2) is 7.13. The number of aliphatic hydroxyl groups excluding tert-OH is 1. The fraction of sp³-hybridized carbons (Fsp3) is 0.533. The minimum atomic E-state index is 0.208. The Morgan fingerprint density at radius 2 is 2.00 bits per heavy atom. The molecule has 0 heterocycles. The molecule has 19 heavy (non-hydrogen) atoms. The SMILES string of the molecule is N#CCc1ccc(OCCN(CCO)C2CC2)cc1. The summed E-state index contributed by atoms with van der Waals surface area (Å²) in [6.45, 7) is 2.42. The number of benzene rings is 1. The van der Waals surface area contributed by atoms with Gasteiger partial charge in [0, 0.05) is 19.1 Å². The molecule has 0 radical (unpaired) electrons. The molecule has 0 aliphatic heterocycles. The van der Waals surface area contributed by atoms with Gasteiger partial charge in [-0.05, 0) is 30.5 Å². The first-order valence-electron chi connectivity index (χ1n) is 6.77. The highest BCUT2D eigenvalue weighted by Gasteiger charge is 2.28. The zero-order valence-corrected chi connectivity index (χ0v) is 11.1. The van der Waals surface area contributed by atoms with Gasteiger partial charge in [-0.25, -0.2) is 0 Å². The molecule has 0 unspecified atom stereocenters. The predicted molar refractivity (Wildman–Crippen MR) is 72.9 cm³/mol. The standard InChI is InChI=1S/C15H20N2O2/c16-8-7-13-1-5-15(6-2-13)19-12-10-17(9-11-18)14-3-4-14/h1-2,5-6,14,18H,3-4,7,9-12H2. The molecule has 1 fully saturated rings. The number of rotatable bonds is 8. The van der Waals surface area contributed by atoms with E-state index in [1.54, 1.807) is 0 Å². The van der Waals surface area contributed by atoms with E-state index in [1.165, 1.54) is 12.8 Å². The molecule has 102 valence electrons. The van der Waals surface area contributed by atoms with Crippen LogP contribution in [0.1, 0.15) is 18.4 Å². The van der Waals surface area contributed by atoms with E-state index in [0.29, 0.717) is 19.1 Å². The van der Waals surface area contributed by atoms with Crippen LogP contribution in [-0.2, 0) is 6.42 Å². The third-order valence-electron chi connectivity index (χ3n) is 3.30. The molecule has 4 nitrogen and oxygen atoms in total. The lowest BCUT2D eigenvalue weighted by Gasteiger charge is -2.20. The Morgan fingerprint density at radius 1 is 1.26 bits per heavy atom. The Hall–Kier alpha value is -1.57. The lowest BCUT2D eigenvalue weighted by atomic mass is 10.2. The quantitative estimate of drug-likeness (QED) is 0.771. The lowest BCUT2D eigenvalue weighted by Crippen LogP contribution is -2.33. The topological polar surface area (TPSA) is 56.5 Å². The number of nitriles is 1. The third-order valence-corrected chi connectivity index (χ3v) is 3.30. The van der Waals surface area contributed by atoms with Crippen LogP contribution in [0, 0.1) is 11.3 Å². The van der Waals surface area contributed by atoms with Gasteiger partial charge in [-0.15, -0.1) is 0 Å². The van der Waals surface area contributed by atoms with Gasteiger partial charge >= 0.3 is 0 Å². The van der Waals surface area contributed by atoms with Crippen molar-refractivity contribution < 1.29 is 9.84 Å². The summed E-state index contributed by atoms with van der Waals surface area (Å²) in [6.07, 6.45) is 2.91. The van der Waals surface area contributed by atoms with Crippen molar-refractivity contribution >= 4 is 0 Å². The van der Waals surface area contributed by atoms with Gasteiger partial charge in [0.05, 0.1) is 19.1 Å². The monoisotopic (exact) mass is 260 g/mol. The average Bonchev–Trinajstić information content (AvgIpc) is 3.24. The predicted octanol–water partition coefficient (Wildman–Crippen LogP) is 1.59. The van der Waals surface area contributed by atoms with Gasteiger partial charge in [0.1, 0.15) is 12.4 Å². The van der Waals surface area contributed by atoms with Crippen LogP contribution in [-0.4, -0.2) is 42.4 Å². The maximum Gasteiger partial charge on any atom is 0.119 e. The lowest BCUT2D eigenvalue weighted by molar-refractivity contribution is 0.162. The van der Waals surface area contributed by atoms with Gasteiger partial charge in [0.15, 0.2) is 0 Å². The van der Waals surface area contributed by atoms with Gasteiger partial charge in [0.25, 0.3) is 0 Å². The zero-order chi connectivity index (χ0) is 13.5. The van der Waals surface area contributed by atoms with Crippen LogP contribution in [0.3, 0.4) is 0 Å². The Morgan fingerprint density at radius 3 is 2.58 bits per heavy atom. The van der Waals surface area contributed by atoms with Gasteiger partial charge in [-0.2, -0.15) is 5.26 Å². The van der Waals surface area contributed by atoms with Crippen LogP contribution in [0.5, 0.6) is 5.75 Å². The van der Waals surface area contributed by atoms with Crippen LogP contribution >= 0.6 is 0 Å². The molecular formula is C15H20N2O2. The largest absolute Gasteiger partial charge is 0.492 e. The van der Waals surface area contributed by atoms with Gasteiger partial charge in [-0.1, -0.05) is 12.1 Å². The average molecular weight is 260 g/mol. The summed E-state index contributed by atoms with van der Waals surface area (Å²) in [5.74, 6) is 0.835. The van der Waals surface area contributed by atoms with Crippen LogP contribution < -0.4 is 4.74 Å². The zero-order valence-electron chi connectivity index (χ0n) is 11.1. The fourth-order valence-corrected chi connectivity index (χ4v) is 2.12. The highest BCUT2D eigenvalue weighted by molar-refractivity contribution is 5.28. The molecule has 0 spiro atoms. The summed E-state index contributed by atoms with van der Waals surface area (Å²) in [5.41, 5.74) is 1.01. The van der Waals surface area contributed by atoms with E-state index >= 15 is 0 Å². The summed E-state index contributed by atoms with van der Waals surface area (Å²) < 4.78 is 5.69. The summed E-state index contributed by atoms with van der Waals surface area (Å²) in [4.78, 5) is 2.28. The van der Waals surface area contributed by atoms with Gasteiger partial charge < -0.3 is 9.84 Å². The van der Waals surface area contributed by atoms with Crippen LogP contribution in [0.2, 0.25) is 0 Å². The van der Waals surface area contributed by atoms with E-state index in [-0.39, 0.29) is 6.61 Å². The fourth-order valence-electron chi connectivity index (χ4n) is 2.12. The molecular weight excluding hydrogens is 240 g/mol. The molecule has 2 rings (SSSR count). The maximum absolute atomic E-state index is 9.00. The highest BCUT2D eigenvalue weighted by atomic mass is 16.5. The van der Waals surface area contributed by atoms with Crippen molar-refractivity contribution in [2.24, 2.45) is 0 Å². The number of hydrogen-bond donors (Lipinski definition) is 1. The summed E-state index contributed by atoms with van der Waals surface area (Å²) in [6, 6.07) is 10.4. The summed E-state index contributed by atoms with van der Waals surface area (Å²) in [5, 5.41) is 17.6. The second-order valence-corrected chi connectivity index (χ2v) is 4.82. The Labute approximate surface area is 114 Å². The number of ether oxygens (including phenoxy) is 1. The van der Waals surface area contributed by atoms with E-state index in [2.05, 4.69) is 11.0 Å². The number of nitrogens with zero attached hydrogens (tertiary/aromatic N) is 2. The van der Waals surface area contributed by atoms with Crippen molar-refractivity contribution in [1.29, 1.82) is 5.26 Å². The molecule has 0 atom stereocenters. The highest BCUT2D eigenvalue weighted by Crippen LogP contribution is 2.26. The van der Waals surface area contributed by atoms with E-state index in [4.69, 9.17) is 15.1 Å². The molecule has 1 aromatic carbocycles. The van der Waals surface area contributed by atoms with Crippen molar-refractivity contribution in [3.05, 3.63) is 29.8 Å². The molecule has 0 aromatic heterocycles. The Balaban J connectivity index is 1.73. The minimum absolute atomic E-state index is 0.208. The smallest absolute Gasteiger partial charge is 0.119 e. The third kappa shape index (κ3) is 4.55. The normalized spacial score (nSPS) is 14.4. The molecule has 1 aliphatic rings. The van der Waals surface area contributed by atoms with Crippen LogP contribution in [0.15, 0.2) is 24.3 Å². The maximum atomic E-state index is 9.00. The summed E-state index contributed by atoms with van der Waals surface area (Å²) >= 11 is 0. The van der Waals surface area contributed by atoms with E-state index in [1.807, 2.05) is 24.3 Å². The first-order valence-corrected chi connectivity index (χ1v) is 6.77. The van der Waals surface area contributed by atoms with Crippen molar-refractivity contribution in [3.8, 4) is 11.8 Å². The summed E-state index contributed by atoms with van der Waals surface area (Å²) in [7, 11) is 0. The van der Waals surface area contributed by atoms with Crippen molar-refractivity contribution in [2.75, 3.05) is 26.3 Å². The van der Waals surface area contributed by atoms with Crippen LogP contribution in [0.25, 0.3) is 0 Å². The Kier molecular flexibility index (Phi) is 5.20. The van der Waals surface area contributed by atoms with E-state index < -0.39 is 0 Å². The first kappa shape index (κ1) is 13.9. The van der Waals surface area contributed by atoms with Crippen molar-refractivity contribution in [1.82, 2.24) is 4.90 Å². The number of aliphatic hydroxyl groups is 1. The van der Waals surface area contributed by atoms with Crippen molar-refractivity contribution in [2.45, 2.75) is 25.3 Å². The molecule has 0 saturated heterocycles. The molecule has 1 aromatic rings. The molecule has 1 aliphatic carbocycles. The minimum Gasteiger partial charge on any atom is -0.492 e. The van der Waals surface area contributed by atoms with Gasteiger partial charge in [0.2, 0.25) is 0 Å². The molecule has 4 heteroatoms. The second-order valence-electron chi connectivity index (χ2n) is 4.82. The molecule has 0 amide bonds. The molecule has 1 N–H and O–H groups in total. The first-order chi connectivity index (χ1) is 9.33. The van der Waals surface area contributed by atoms with Gasteiger partial charge in [-0.3, -0.25) is 4.90 Å². The number of hydrogen-bond acceptors (Lipinski definition) is 4. The van der Waals surface area contributed by atoms with Crippen molar-refractivity contribution in [3.63, 3.8) is 0 Å². The Bertz CT molecular complexity index is 421. The molecule has 1 saturated carbocycles. The van der Waals surface area contributed by atoms with E-state index in [0.717, 1.165) is 24.4 Å². The molecule has 0 bridgehead atoms. The van der Waals surface area contributed by atoms with E-state index in [9.17, 15) is 0 Å².